The molecule has 0 bridgehead atoms. The number of rotatable bonds is 7. The van der Waals surface area contributed by atoms with Gasteiger partial charge in [-0.2, -0.15) is 0 Å². The Morgan fingerprint density at radius 1 is 1.28 bits per heavy atom. The molecule has 0 aromatic heterocycles. The Labute approximate surface area is 105 Å². The molecule has 0 aliphatic carbocycles. The number of carboxylic acid groups (broad SMARTS) is 1. The Balaban J connectivity index is 1.66. The molecule has 2 rings (SSSR count). The van der Waals surface area contributed by atoms with Gasteiger partial charge in [-0.15, -0.1) is 0 Å². The third-order valence-electron chi connectivity index (χ3n) is 2.67. The first-order chi connectivity index (χ1) is 8.75. The van der Waals surface area contributed by atoms with Crippen LogP contribution in [0.2, 0.25) is 0 Å². The van der Waals surface area contributed by atoms with Gasteiger partial charge in [0, 0.05) is 6.61 Å². The molecule has 0 amide bonds. The topological polar surface area (TPSA) is 65.0 Å². The highest BCUT2D eigenvalue weighted by molar-refractivity contribution is 5.67. The van der Waals surface area contributed by atoms with Crippen LogP contribution in [-0.4, -0.2) is 31.1 Å². The minimum atomic E-state index is -0.925. The molecule has 0 atom stereocenters. The number of hydrogen-bond acceptors (Lipinski definition) is 4. The molecule has 5 heteroatoms. The molecule has 1 aliphatic heterocycles. The standard InChI is InChI=1S/C13H16O5/c14-13(15)8-16-6-2-1-3-10-4-5-11-12(7-10)18-9-17-11/h4-5,7H,1-3,6,8-9H2,(H,14,15). The molecule has 98 valence electrons. The SMILES string of the molecule is O=C(O)COCCCCc1ccc2c(c1)OCO2. The quantitative estimate of drug-likeness (QED) is 0.750. The molecule has 1 aromatic rings. The van der Waals surface area contributed by atoms with Crippen LogP contribution in [0.15, 0.2) is 18.2 Å². The lowest BCUT2D eigenvalue weighted by Gasteiger charge is -2.03. The van der Waals surface area contributed by atoms with Gasteiger partial charge in [0.1, 0.15) is 6.61 Å². The number of aryl methyl sites for hydroxylation is 1. The van der Waals surface area contributed by atoms with Gasteiger partial charge in [0.15, 0.2) is 11.5 Å². The number of carbonyl (C=O) groups is 1. The fraction of sp³-hybridized carbons (Fsp3) is 0.462. The lowest BCUT2D eigenvalue weighted by atomic mass is 10.1. The number of fused-ring (bicyclic) bond motifs is 1. The van der Waals surface area contributed by atoms with E-state index in [1.807, 2.05) is 18.2 Å². The van der Waals surface area contributed by atoms with Gasteiger partial charge < -0.3 is 19.3 Å². The van der Waals surface area contributed by atoms with Crippen LogP contribution in [0.3, 0.4) is 0 Å². The van der Waals surface area contributed by atoms with Gasteiger partial charge in [0.2, 0.25) is 6.79 Å². The highest BCUT2D eigenvalue weighted by Gasteiger charge is 2.12. The summed E-state index contributed by atoms with van der Waals surface area (Å²) in [6.45, 7) is 0.558. The van der Waals surface area contributed by atoms with Crippen molar-refractivity contribution in [2.45, 2.75) is 19.3 Å². The van der Waals surface area contributed by atoms with E-state index < -0.39 is 5.97 Å². The van der Waals surface area contributed by atoms with Gasteiger partial charge in [0.25, 0.3) is 0 Å². The van der Waals surface area contributed by atoms with Crippen LogP contribution >= 0.6 is 0 Å². The molecular weight excluding hydrogens is 236 g/mol. The molecular formula is C13H16O5. The smallest absolute Gasteiger partial charge is 0.329 e. The summed E-state index contributed by atoms with van der Waals surface area (Å²) in [4.78, 5) is 10.2. The lowest BCUT2D eigenvalue weighted by molar-refractivity contribution is -0.142. The summed E-state index contributed by atoms with van der Waals surface area (Å²) in [6, 6.07) is 5.92. The van der Waals surface area contributed by atoms with Gasteiger partial charge in [-0.05, 0) is 37.0 Å². The van der Waals surface area contributed by atoms with E-state index in [0.29, 0.717) is 13.4 Å². The minimum Gasteiger partial charge on any atom is -0.480 e. The van der Waals surface area contributed by atoms with E-state index in [2.05, 4.69) is 0 Å². The van der Waals surface area contributed by atoms with Gasteiger partial charge in [-0.3, -0.25) is 0 Å². The summed E-state index contributed by atoms with van der Waals surface area (Å²) >= 11 is 0. The van der Waals surface area contributed by atoms with E-state index in [9.17, 15) is 4.79 Å². The predicted molar refractivity (Wildman–Crippen MR) is 64.0 cm³/mol. The summed E-state index contributed by atoms with van der Waals surface area (Å²) in [5.41, 5.74) is 1.19. The zero-order chi connectivity index (χ0) is 12.8. The average Bonchev–Trinajstić information content (AvgIpc) is 2.80. The molecule has 1 aliphatic rings. The number of aliphatic carboxylic acids is 1. The van der Waals surface area contributed by atoms with Gasteiger partial charge in [-0.25, -0.2) is 4.79 Å². The summed E-state index contributed by atoms with van der Waals surface area (Å²) in [5.74, 6) is 0.670. The summed E-state index contributed by atoms with van der Waals surface area (Å²) in [5, 5.41) is 8.39. The maximum absolute atomic E-state index is 10.2. The van der Waals surface area contributed by atoms with Gasteiger partial charge in [-0.1, -0.05) is 6.07 Å². The molecule has 0 unspecified atom stereocenters. The maximum atomic E-state index is 10.2. The van der Waals surface area contributed by atoms with Crippen LogP contribution in [0.5, 0.6) is 11.5 Å². The predicted octanol–water partition coefficient (Wildman–Crippen LogP) is 1.84. The molecule has 5 nitrogen and oxygen atoms in total. The monoisotopic (exact) mass is 252 g/mol. The first-order valence-corrected chi connectivity index (χ1v) is 5.94. The second-order valence-electron chi connectivity index (χ2n) is 4.09. The molecule has 18 heavy (non-hydrogen) atoms. The average molecular weight is 252 g/mol. The lowest BCUT2D eigenvalue weighted by Crippen LogP contribution is -2.07. The van der Waals surface area contributed by atoms with Crippen molar-refractivity contribution >= 4 is 5.97 Å². The number of benzene rings is 1. The fourth-order valence-electron chi connectivity index (χ4n) is 1.79. The van der Waals surface area contributed by atoms with Crippen molar-refractivity contribution in [2.75, 3.05) is 20.0 Å². The molecule has 1 heterocycles. The first-order valence-electron chi connectivity index (χ1n) is 5.94. The van der Waals surface area contributed by atoms with Crippen LogP contribution in [0.4, 0.5) is 0 Å². The van der Waals surface area contributed by atoms with Crippen molar-refractivity contribution in [3.8, 4) is 11.5 Å². The van der Waals surface area contributed by atoms with Crippen molar-refractivity contribution < 1.29 is 24.1 Å². The van der Waals surface area contributed by atoms with Crippen LogP contribution in [0.25, 0.3) is 0 Å². The molecule has 1 N–H and O–H groups in total. The van der Waals surface area contributed by atoms with E-state index in [4.69, 9.17) is 19.3 Å². The van der Waals surface area contributed by atoms with Crippen molar-refractivity contribution in [3.63, 3.8) is 0 Å². The first kappa shape index (κ1) is 12.7. The minimum absolute atomic E-state index is 0.218. The highest BCUT2D eigenvalue weighted by Crippen LogP contribution is 2.32. The summed E-state index contributed by atoms with van der Waals surface area (Å²) in [7, 11) is 0. The van der Waals surface area contributed by atoms with Gasteiger partial charge in [0.05, 0.1) is 0 Å². The van der Waals surface area contributed by atoms with Crippen molar-refractivity contribution in [1.29, 1.82) is 0 Å². The van der Waals surface area contributed by atoms with Gasteiger partial charge >= 0.3 is 5.97 Å². The van der Waals surface area contributed by atoms with Crippen LogP contribution in [-0.2, 0) is 16.0 Å². The van der Waals surface area contributed by atoms with Crippen LogP contribution < -0.4 is 9.47 Å². The molecule has 0 spiro atoms. The second kappa shape index (κ2) is 6.26. The Bertz CT molecular complexity index is 416. The molecule has 0 fully saturated rings. The molecule has 0 saturated carbocycles. The molecule has 0 radical (unpaired) electrons. The number of ether oxygens (including phenoxy) is 3. The van der Waals surface area contributed by atoms with E-state index in [1.54, 1.807) is 0 Å². The van der Waals surface area contributed by atoms with Crippen LogP contribution in [0, 0.1) is 0 Å². The van der Waals surface area contributed by atoms with E-state index in [-0.39, 0.29) is 6.61 Å². The van der Waals surface area contributed by atoms with Crippen molar-refractivity contribution in [1.82, 2.24) is 0 Å². The largest absolute Gasteiger partial charge is 0.480 e. The Hall–Kier alpha value is -1.75. The normalized spacial score (nSPS) is 12.7. The zero-order valence-electron chi connectivity index (χ0n) is 10.1. The van der Waals surface area contributed by atoms with E-state index in [0.717, 1.165) is 30.8 Å². The number of unbranched alkanes of at least 4 members (excludes halogenated alkanes) is 1. The number of hydrogen-bond donors (Lipinski definition) is 1. The Morgan fingerprint density at radius 2 is 2.11 bits per heavy atom. The number of carboxylic acids is 1. The van der Waals surface area contributed by atoms with E-state index >= 15 is 0 Å². The zero-order valence-corrected chi connectivity index (χ0v) is 10.1. The summed E-state index contributed by atoms with van der Waals surface area (Å²) < 4.78 is 15.5. The Morgan fingerprint density at radius 3 is 2.94 bits per heavy atom. The van der Waals surface area contributed by atoms with Crippen LogP contribution in [0.1, 0.15) is 18.4 Å². The Kier molecular flexibility index (Phi) is 4.41. The third-order valence-corrected chi connectivity index (χ3v) is 2.67. The fourth-order valence-corrected chi connectivity index (χ4v) is 1.79. The molecule has 0 saturated heterocycles. The maximum Gasteiger partial charge on any atom is 0.329 e. The second-order valence-corrected chi connectivity index (χ2v) is 4.09. The molecule has 1 aromatic carbocycles. The summed E-state index contributed by atoms with van der Waals surface area (Å²) in [6.07, 6.45) is 2.73. The highest BCUT2D eigenvalue weighted by atomic mass is 16.7. The van der Waals surface area contributed by atoms with E-state index in [1.165, 1.54) is 5.56 Å². The van der Waals surface area contributed by atoms with Crippen molar-refractivity contribution in [3.05, 3.63) is 23.8 Å². The third kappa shape index (κ3) is 3.63. The van der Waals surface area contributed by atoms with Crippen molar-refractivity contribution in [2.24, 2.45) is 0 Å².